The summed E-state index contributed by atoms with van der Waals surface area (Å²) in [6.45, 7) is 8.86. The Morgan fingerprint density at radius 3 is 2.76 bits per heavy atom. The fourth-order valence-electron chi connectivity index (χ4n) is 1.49. The van der Waals surface area contributed by atoms with Crippen LogP contribution in [0, 0.1) is 0 Å². The molecule has 2 heterocycles. The van der Waals surface area contributed by atoms with Gasteiger partial charge in [0, 0.05) is 18.5 Å². The summed E-state index contributed by atoms with van der Waals surface area (Å²) in [6, 6.07) is 2.03. The molecule has 2 rings (SSSR count). The number of hydrogen-bond donors (Lipinski definition) is 1. The minimum atomic E-state index is 0.352. The van der Waals surface area contributed by atoms with Gasteiger partial charge in [0.25, 0.3) is 0 Å². The molecule has 0 spiro atoms. The summed E-state index contributed by atoms with van der Waals surface area (Å²) in [6.07, 6.45) is 0. The highest BCUT2D eigenvalue weighted by Crippen LogP contribution is 2.28. The van der Waals surface area contributed by atoms with Gasteiger partial charge in [-0.3, -0.25) is 0 Å². The molecule has 0 aliphatic carbocycles. The average Bonchev–Trinajstić information content (AvgIpc) is 2.24. The Kier molecular flexibility index (Phi) is 4.23. The molecule has 0 aromatic carbocycles. The summed E-state index contributed by atoms with van der Waals surface area (Å²) < 4.78 is 5.18. The van der Waals surface area contributed by atoms with Crippen molar-refractivity contribution in [3.05, 3.63) is 11.9 Å². The van der Waals surface area contributed by atoms with Crippen LogP contribution >= 0.6 is 11.8 Å². The van der Waals surface area contributed by atoms with E-state index in [2.05, 4.69) is 36.1 Å². The first-order valence-corrected chi connectivity index (χ1v) is 6.94. The molecule has 0 bridgehead atoms. The van der Waals surface area contributed by atoms with E-state index in [1.54, 1.807) is 11.8 Å². The zero-order valence-corrected chi connectivity index (χ0v) is 11.4. The number of hydrogen-bond acceptors (Lipinski definition) is 5. The van der Waals surface area contributed by atoms with Crippen molar-refractivity contribution >= 4 is 17.6 Å². The lowest BCUT2D eigenvalue weighted by molar-refractivity contribution is 0.0454. The molecule has 94 valence electrons. The molecular formula is C12H19N3OS. The van der Waals surface area contributed by atoms with Gasteiger partial charge in [0.1, 0.15) is 16.7 Å². The summed E-state index contributed by atoms with van der Waals surface area (Å²) in [4.78, 5) is 9.10. The van der Waals surface area contributed by atoms with Gasteiger partial charge >= 0.3 is 0 Å². The predicted octanol–water partition coefficient (Wildman–Crippen LogP) is 2.52. The molecule has 4 nitrogen and oxygen atoms in total. The highest BCUT2D eigenvalue weighted by atomic mass is 32.2. The first kappa shape index (κ1) is 12.6. The van der Waals surface area contributed by atoms with E-state index >= 15 is 0 Å². The SMILES string of the molecule is CCNc1cc(SC2COC2)nc(C(C)C)n1. The van der Waals surface area contributed by atoms with Gasteiger partial charge in [0.15, 0.2) is 0 Å². The fraction of sp³-hybridized carbons (Fsp3) is 0.667. The van der Waals surface area contributed by atoms with E-state index in [0.29, 0.717) is 11.2 Å². The van der Waals surface area contributed by atoms with Gasteiger partial charge < -0.3 is 10.1 Å². The monoisotopic (exact) mass is 253 g/mol. The van der Waals surface area contributed by atoms with Crippen LogP contribution in [0.2, 0.25) is 0 Å². The third kappa shape index (κ3) is 3.33. The van der Waals surface area contributed by atoms with Gasteiger partial charge in [-0.2, -0.15) is 0 Å². The molecule has 1 fully saturated rings. The molecule has 0 saturated carbocycles. The molecule has 1 saturated heterocycles. The largest absolute Gasteiger partial charge is 0.379 e. The van der Waals surface area contributed by atoms with Crippen LogP contribution in [0.1, 0.15) is 32.5 Å². The number of ether oxygens (including phenoxy) is 1. The lowest BCUT2D eigenvalue weighted by Gasteiger charge is -2.25. The zero-order valence-electron chi connectivity index (χ0n) is 10.6. The van der Waals surface area contributed by atoms with Crippen molar-refractivity contribution in [3.63, 3.8) is 0 Å². The maximum Gasteiger partial charge on any atom is 0.134 e. The van der Waals surface area contributed by atoms with Crippen molar-refractivity contribution in [2.45, 2.75) is 37.0 Å². The minimum absolute atomic E-state index is 0.352. The van der Waals surface area contributed by atoms with Crippen LogP contribution in [0.25, 0.3) is 0 Å². The van der Waals surface area contributed by atoms with Crippen LogP contribution in [0.15, 0.2) is 11.1 Å². The molecule has 1 aromatic heterocycles. The summed E-state index contributed by atoms with van der Waals surface area (Å²) in [5.74, 6) is 2.19. The van der Waals surface area contributed by atoms with Crippen molar-refractivity contribution in [3.8, 4) is 0 Å². The summed E-state index contributed by atoms with van der Waals surface area (Å²) in [7, 11) is 0. The van der Waals surface area contributed by atoms with E-state index in [-0.39, 0.29) is 0 Å². The van der Waals surface area contributed by atoms with E-state index in [9.17, 15) is 0 Å². The van der Waals surface area contributed by atoms with Gasteiger partial charge in [-0.05, 0) is 6.92 Å². The first-order chi connectivity index (χ1) is 8.19. The Morgan fingerprint density at radius 1 is 1.47 bits per heavy atom. The predicted molar refractivity (Wildman–Crippen MR) is 70.7 cm³/mol. The van der Waals surface area contributed by atoms with Crippen molar-refractivity contribution in [2.24, 2.45) is 0 Å². The van der Waals surface area contributed by atoms with E-state index < -0.39 is 0 Å². The summed E-state index contributed by atoms with van der Waals surface area (Å²) >= 11 is 1.79. The number of aromatic nitrogens is 2. The molecular weight excluding hydrogens is 234 g/mol. The van der Waals surface area contributed by atoms with Crippen LogP contribution in [0.4, 0.5) is 5.82 Å². The zero-order chi connectivity index (χ0) is 12.3. The summed E-state index contributed by atoms with van der Waals surface area (Å²) in [5.41, 5.74) is 0. The van der Waals surface area contributed by atoms with E-state index in [4.69, 9.17) is 4.74 Å². The summed E-state index contributed by atoms with van der Waals surface area (Å²) in [5, 5.41) is 4.86. The second-order valence-corrected chi connectivity index (χ2v) is 5.73. The third-order valence-corrected chi connectivity index (χ3v) is 3.55. The highest BCUT2D eigenvalue weighted by molar-refractivity contribution is 8.00. The maximum atomic E-state index is 5.18. The van der Waals surface area contributed by atoms with E-state index in [0.717, 1.165) is 36.4 Å². The molecule has 0 amide bonds. The molecule has 0 atom stereocenters. The van der Waals surface area contributed by atoms with Crippen LogP contribution < -0.4 is 5.32 Å². The number of nitrogens with zero attached hydrogens (tertiary/aromatic N) is 2. The standard InChI is InChI=1S/C12H19N3OS/c1-4-13-10-5-11(17-9-6-16-7-9)15-12(14-10)8(2)3/h5,8-9H,4,6-7H2,1-3H3,(H,13,14,15). The van der Waals surface area contributed by atoms with E-state index in [1.165, 1.54) is 0 Å². The quantitative estimate of drug-likeness (QED) is 0.817. The Labute approximate surface area is 107 Å². The fourth-order valence-corrected chi connectivity index (χ4v) is 2.48. The number of rotatable bonds is 5. The Bertz CT molecular complexity index is 380. The van der Waals surface area contributed by atoms with Gasteiger partial charge in [-0.15, -0.1) is 0 Å². The number of anilines is 1. The normalized spacial score (nSPS) is 16.0. The first-order valence-electron chi connectivity index (χ1n) is 6.06. The van der Waals surface area contributed by atoms with Gasteiger partial charge in [-0.25, -0.2) is 9.97 Å². The van der Waals surface area contributed by atoms with Gasteiger partial charge in [0.2, 0.25) is 0 Å². The molecule has 0 radical (unpaired) electrons. The molecule has 1 aliphatic heterocycles. The smallest absolute Gasteiger partial charge is 0.134 e. The van der Waals surface area contributed by atoms with E-state index in [1.807, 2.05) is 6.07 Å². The number of nitrogens with one attached hydrogen (secondary N) is 1. The minimum Gasteiger partial charge on any atom is -0.379 e. The second-order valence-electron chi connectivity index (χ2n) is 4.41. The molecule has 1 aromatic rings. The maximum absolute atomic E-state index is 5.18. The molecule has 17 heavy (non-hydrogen) atoms. The van der Waals surface area contributed by atoms with Crippen molar-refractivity contribution in [1.82, 2.24) is 9.97 Å². The number of thioether (sulfide) groups is 1. The van der Waals surface area contributed by atoms with Gasteiger partial charge in [0.05, 0.1) is 18.5 Å². The van der Waals surface area contributed by atoms with Crippen LogP contribution in [0.5, 0.6) is 0 Å². The van der Waals surface area contributed by atoms with Crippen LogP contribution in [-0.4, -0.2) is 35.0 Å². The van der Waals surface area contributed by atoms with Crippen molar-refractivity contribution in [1.29, 1.82) is 0 Å². The lowest BCUT2D eigenvalue weighted by atomic mass is 10.2. The average molecular weight is 253 g/mol. The molecule has 1 aliphatic rings. The lowest BCUT2D eigenvalue weighted by Crippen LogP contribution is -2.30. The topological polar surface area (TPSA) is 47.0 Å². The Morgan fingerprint density at radius 2 is 2.24 bits per heavy atom. The van der Waals surface area contributed by atoms with Crippen LogP contribution in [0.3, 0.4) is 0 Å². The van der Waals surface area contributed by atoms with Crippen molar-refractivity contribution < 1.29 is 4.74 Å². The van der Waals surface area contributed by atoms with Crippen molar-refractivity contribution in [2.75, 3.05) is 25.1 Å². The van der Waals surface area contributed by atoms with Gasteiger partial charge in [-0.1, -0.05) is 25.6 Å². The Balaban J connectivity index is 2.16. The third-order valence-electron chi connectivity index (χ3n) is 2.49. The Hall–Kier alpha value is -0.810. The molecule has 0 unspecified atom stereocenters. The molecule has 1 N–H and O–H groups in total. The second kappa shape index (κ2) is 5.69. The molecule has 5 heteroatoms. The highest BCUT2D eigenvalue weighted by Gasteiger charge is 2.21. The van der Waals surface area contributed by atoms with Crippen LogP contribution in [-0.2, 0) is 4.74 Å².